The topological polar surface area (TPSA) is 42.1 Å². The number of aromatic nitrogens is 1. The number of pyridine rings is 1. The van der Waals surface area contributed by atoms with Crippen LogP contribution < -0.4 is 10.6 Å². The highest BCUT2D eigenvalue weighted by atomic mass is 15.2. The van der Waals surface area contributed by atoms with Gasteiger partial charge in [0.1, 0.15) is 5.82 Å². The predicted molar refractivity (Wildman–Crippen MR) is 72.1 cm³/mol. The van der Waals surface area contributed by atoms with Gasteiger partial charge in [-0.05, 0) is 42.9 Å². The SMILES string of the molecule is Cc1cc(CN)cnc1N(CC(C)C)C1CC1. The minimum Gasteiger partial charge on any atom is -0.353 e. The van der Waals surface area contributed by atoms with E-state index in [-0.39, 0.29) is 0 Å². The van der Waals surface area contributed by atoms with Crippen molar-refractivity contribution in [1.82, 2.24) is 4.98 Å². The molecule has 0 unspecified atom stereocenters. The van der Waals surface area contributed by atoms with Gasteiger partial charge in [0.2, 0.25) is 0 Å². The molecule has 17 heavy (non-hydrogen) atoms. The third-order valence-corrected chi connectivity index (χ3v) is 3.16. The number of rotatable bonds is 5. The molecule has 0 atom stereocenters. The summed E-state index contributed by atoms with van der Waals surface area (Å²) in [6.45, 7) is 8.33. The summed E-state index contributed by atoms with van der Waals surface area (Å²) in [4.78, 5) is 7.08. The Kier molecular flexibility index (Phi) is 3.67. The quantitative estimate of drug-likeness (QED) is 0.849. The first-order valence-corrected chi connectivity index (χ1v) is 6.54. The molecule has 1 aromatic rings. The number of anilines is 1. The largest absolute Gasteiger partial charge is 0.353 e. The van der Waals surface area contributed by atoms with Gasteiger partial charge in [-0.3, -0.25) is 0 Å². The zero-order valence-electron chi connectivity index (χ0n) is 11.1. The Morgan fingerprint density at radius 1 is 1.47 bits per heavy atom. The molecule has 1 aliphatic carbocycles. The van der Waals surface area contributed by atoms with E-state index in [1.54, 1.807) is 0 Å². The monoisotopic (exact) mass is 233 g/mol. The maximum absolute atomic E-state index is 5.64. The van der Waals surface area contributed by atoms with Gasteiger partial charge in [0.05, 0.1) is 0 Å². The van der Waals surface area contributed by atoms with Crippen LogP contribution in [-0.2, 0) is 6.54 Å². The standard InChI is InChI=1S/C14H23N3/c1-10(2)9-17(13-4-5-13)14-11(3)6-12(7-15)8-16-14/h6,8,10,13H,4-5,7,9,15H2,1-3H3. The lowest BCUT2D eigenvalue weighted by Gasteiger charge is -2.27. The number of hydrogen-bond donors (Lipinski definition) is 1. The molecule has 2 rings (SSSR count). The Labute approximate surface area is 104 Å². The minimum absolute atomic E-state index is 0.571. The van der Waals surface area contributed by atoms with Crippen molar-refractivity contribution in [2.45, 2.75) is 46.2 Å². The molecule has 2 N–H and O–H groups in total. The molecule has 0 spiro atoms. The first kappa shape index (κ1) is 12.4. The van der Waals surface area contributed by atoms with Crippen LogP contribution in [0.4, 0.5) is 5.82 Å². The Morgan fingerprint density at radius 3 is 2.65 bits per heavy atom. The molecular weight excluding hydrogens is 210 g/mol. The van der Waals surface area contributed by atoms with Crippen LogP contribution in [0.15, 0.2) is 12.3 Å². The van der Waals surface area contributed by atoms with Gasteiger partial charge < -0.3 is 10.6 Å². The third-order valence-electron chi connectivity index (χ3n) is 3.16. The molecule has 0 radical (unpaired) electrons. The van der Waals surface area contributed by atoms with E-state index in [1.807, 2.05) is 6.20 Å². The fourth-order valence-electron chi connectivity index (χ4n) is 2.23. The molecule has 3 nitrogen and oxygen atoms in total. The van der Waals surface area contributed by atoms with Crippen molar-refractivity contribution in [3.05, 3.63) is 23.4 Å². The van der Waals surface area contributed by atoms with E-state index in [0.717, 1.165) is 17.9 Å². The van der Waals surface area contributed by atoms with Crippen LogP contribution in [0.3, 0.4) is 0 Å². The van der Waals surface area contributed by atoms with Gasteiger partial charge in [-0.15, -0.1) is 0 Å². The Balaban J connectivity index is 2.23. The van der Waals surface area contributed by atoms with Crippen molar-refractivity contribution < 1.29 is 0 Å². The molecule has 1 aromatic heterocycles. The van der Waals surface area contributed by atoms with Crippen LogP contribution in [0.5, 0.6) is 0 Å². The normalized spacial score (nSPS) is 15.4. The molecular formula is C14H23N3. The second-order valence-electron chi connectivity index (χ2n) is 5.47. The van der Waals surface area contributed by atoms with Crippen molar-refractivity contribution in [1.29, 1.82) is 0 Å². The summed E-state index contributed by atoms with van der Waals surface area (Å²) in [5, 5.41) is 0. The van der Waals surface area contributed by atoms with Crippen molar-refractivity contribution in [3.8, 4) is 0 Å². The lowest BCUT2D eigenvalue weighted by Crippen LogP contribution is -2.31. The first-order valence-electron chi connectivity index (χ1n) is 6.54. The van der Waals surface area contributed by atoms with Gasteiger partial charge in [0.15, 0.2) is 0 Å². The summed E-state index contributed by atoms with van der Waals surface area (Å²) in [6, 6.07) is 2.88. The number of hydrogen-bond acceptors (Lipinski definition) is 3. The Bertz CT molecular complexity index is 383. The number of nitrogens with zero attached hydrogens (tertiary/aromatic N) is 2. The lowest BCUT2D eigenvalue weighted by molar-refractivity contribution is 0.601. The summed E-state index contributed by atoms with van der Waals surface area (Å²) in [5.74, 6) is 1.82. The van der Waals surface area contributed by atoms with E-state index in [9.17, 15) is 0 Å². The van der Waals surface area contributed by atoms with Crippen LogP contribution in [0.25, 0.3) is 0 Å². The molecule has 1 heterocycles. The minimum atomic E-state index is 0.571. The molecule has 0 amide bonds. The van der Waals surface area contributed by atoms with Crippen LogP contribution in [0, 0.1) is 12.8 Å². The van der Waals surface area contributed by atoms with Gasteiger partial charge in [0, 0.05) is 25.3 Å². The molecule has 1 aliphatic rings. The number of aryl methyl sites for hydroxylation is 1. The summed E-state index contributed by atoms with van der Waals surface area (Å²) >= 11 is 0. The second kappa shape index (κ2) is 5.05. The van der Waals surface area contributed by atoms with Crippen LogP contribution in [0.1, 0.15) is 37.8 Å². The van der Waals surface area contributed by atoms with Gasteiger partial charge in [-0.25, -0.2) is 4.98 Å². The van der Waals surface area contributed by atoms with E-state index in [1.165, 1.54) is 18.4 Å². The van der Waals surface area contributed by atoms with Crippen LogP contribution in [-0.4, -0.2) is 17.6 Å². The highest BCUT2D eigenvalue weighted by Crippen LogP contribution is 2.32. The van der Waals surface area contributed by atoms with Crippen molar-refractivity contribution in [2.75, 3.05) is 11.4 Å². The van der Waals surface area contributed by atoms with Gasteiger partial charge in [-0.1, -0.05) is 13.8 Å². The van der Waals surface area contributed by atoms with Gasteiger partial charge in [0.25, 0.3) is 0 Å². The lowest BCUT2D eigenvalue weighted by atomic mass is 10.1. The summed E-state index contributed by atoms with van der Waals surface area (Å²) < 4.78 is 0. The molecule has 94 valence electrons. The Morgan fingerprint density at radius 2 is 2.18 bits per heavy atom. The van der Waals surface area contributed by atoms with Gasteiger partial charge >= 0.3 is 0 Å². The second-order valence-corrected chi connectivity index (χ2v) is 5.47. The maximum atomic E-state index is 5.64. The third kappa shape index (κ3) is 2.97. The molecule has 0 bridgehead atoms. The zero-order chi connectivity index (χ0) is 12.4. The van der Waals surface area contributed by atoms with Crippen molar-refractivity contribution in [2.24, 2.45) is 11.7 Å². The fraction of sp³-hybridized carbons (Fsp3) is 0.643. The van der Waals surface area contributed by atoms with Crippen molar-refractivity contribution in [3.63, 3.8) is 0 Å². The van der Waals surface area contributed by atoms with E-state index in [0.29, 0.717) is 18.5 Å². The zero-order valence-corrected chi connectivity index (χ0v) is 11.1. The first-order chi connectivity index (χ1) is 8.11. The molecule has 0 aromatic carbocycles. The van der Waals surface area contributed by atoms with E-state index in [2.05, 4.69) is 36.7 Å². The molecule has 0 aliphatic heterocycles. The summed E-state index contributed by atoms with van der Waals surface area (Å²) in [6.07, 6.45) is 4.54. The van der Waals surface area contributed by atoms with Crippen LogP contribution in [0.2, 0.25) is 0 Å². The van der Waals surface area contributed by atoms with E-state index < -0.39 is 0 Å². The predicted octanol–water partition coefficient (Wildman–Crippen LogP) is 2.47. The van der Waals surface area contributed by atoms with Crippen molar-refractivity contribution >= 4 is 5.82 Å². The summed E-state index contributed by atoms with van der Waals surface area (Å²) in [5.41, 5.74) is 8.01. The molecule has 3 heteroatoms. The molecule has 1 fully saturated rings. The van der Waals surface area contributed by atoms with Gasteiger partial charge in [-0.2, -0.15) is 0 Å². The molecule has 1 saturated carbocycles. The maximum Gasteiger partial charge on any atom is 0.131 e. The highest BCUT2D eigenvalue weighted by molar-refractivity contribution is 5.49. The summed E-state index contributed by atoms with van der Waals surface area (Å²) in [7, 11) is 0. The molecule has 0 saturated heterocycles. The Hall–Kier alpha value is -1.09. The number of nitrogens with two attached hydrogens (primary N) is 1. The highest BCUT2D eigenvalue weighted by Gasteiger charge is 2.31. The van der Waals surface area contributed by atoms with Crippen LogP contribution >= 0.6 is 0 Å². The average Bonchev–Trinajstić information content (AvgIpc) is 3.09. The van der Waals surface area contributed by atoms with E-state index >= 15 is 0 Å². The smallest absolute Gasteiger partial charge is 0.131 e. The average molecular weight is 233 g/mol. The van der Waals surface area contributed by atoms with E-state index in [4.69, 9.17) is 5.73 Å². The fourth-order valence-corrected chi connectivity index (χ4v) is 2.23.